The lowest BCUT2D eigenvalue weighted by atomic mass is 9.68. The molecule has 0 spiro atoms. The Morgan fingerprint density at radius 3 is 2.26 bits per heavy atom. The zero-order valence-electron chi connectivity index (χ0n) is 12.0. The summed E-state index contributed by atoms with van der Waals surface area (Å²) < 4.78 is 0. The average Bonchev–Trinajstić information content (AvgIpc) is 2.33. The van der Waals surface area contributed by atoms with Gasteiger partial charge in [0.25, 0.3) is 0 Å². The number of carbonyl (C=O) groups is 1. The second-order valence-electron chi connectivity index (χ2n) is 6.06. The van der Waals surface area contributed by atoms with Gasteiger partial charge in [0.2, 0.25) is 0 Å². The Bertz CT molecular complexity index is 395. The molecule has 106 valence electrons. The van der Waals surface area contributed by atoms with Gasteiger partial charge in [0.15, 0.2) is 0 Å². The monoisotopic (exact) mass is 280 g/mol. The highest BCUT2D eigenvalue weighted by atomic mass is 32.1. The van der Waals surface area contributed by atoms with E-state index in [0.717, 1.165) is 17.7 Å². The highest BCUT2D eigenvalue weighted by Gasteiger charge is 2.37. The van der Waals surface area contributed by atoms with Crippen molar-refractivity contribution in [3.05, 3.63) is 35.9 Å². The van der Waals surface area contributed by atoms with Gasteiger partial charge in [0, 0.05) is 5.92 Å². The molecular weight excluding hydrogens is 256 g/mol. The molecule has 0 aliphatic heterocycles. The summed E-state index contributed by atoms with van der Waals surface area (Å²) in [6.45, 7) is 6.34. The van der Waals surface area contributed by atoms with Gasteiger partial charge >= 0.3 is 5.97 Å². The predicted octanol–water partition coefficient (Wildman–Crippen LogP) is 4.23. The maximum atomic E-state index is 11.6. The molecule has 3 heteroatoms. The van der Waals surface area contributed by atoms with Gasteiger partial charge in [0.05, 0.1) is 5.92 Å². The van der Waals surface area contributed by atoms with E-state index in [4.69, 9.17) is 0 Å². The number of benzene rings is 1. The van der Waals surface area contributed by atoms with Gasteiger partial charge in [-0.15, -0.1) is 0 Å². The molecule has 0 fully saturated rings. The van der Waals surface area contributed by atoms with Gasteiger partial charge in [0.1, 0.15) is 0 Å². The van der Waals surface area contributed by atoms with E-state index in [1.807, 2.05) is 30.3 Å². The van der Waals surface area contributed by atoms with Crippen LogP contribution < -0.4 is 0 Å². The number of carboxylic acid groups (broad SMARTS) is 1. The van der Waals surface area contributed by atoms with Crippen molar-refractivity contribution in [1.29, 1.82) is 0 Å². The zero-order chi connectivity index (χ0) is 14.5. The third kappa shape index (κ3) is 4.57. The van der Waals surface area contributed by atoms with Crippen LogP contribution in [-0.2, 0) is 4.79 Å². The van der Waals surface area contributed by atoms with Crippen LogP contribution in [0.15, 0.2) is 30.3 Å². The Morgan fingerprint density at radius 1 is 1.26 bits per heavy atom. The summed E-state index contributed by atoms with van der Waals surface area (Å²) in [5.74, 6) is -0.304. The largest absolute Gasteiger partial charge is 0.481 e. The van der Waals surface area contributed by atoms with Crippen molar-refractivity contribution >= 4 is 18.6 Å². The number of aliphatic carboxylic acids is 1. The van der Waals surface area contributed by atoms with Crippen LogP contribution in [0.4, 0.5) is 0 Å². The number of thiol groups is 1. The molecule has 0 bridgehead atoms. The van der Waals surface area contributed by atoms with Crippen molar-refractivity contribution in [3.8, 4) is 0 Å². The van der Waals surface area contributed by atoms with Crippen LogP contribution in [0.5, 0.6) is 0 Å². The molecule has 0 radical (unpaired) electrons. The first-order valence-electron chi connectivity index (χ1n) is 6.76. The molecule has 2 unspecified atom stereocenters. The molecule has 0 heterocycles. The van der Waals surface area contributed by atoms with E-state index in [2.05, 4.69) is 33.4 Å². The van der Waals surface area contributed by atoms with E-state index in [9.17, 15) is 9.90 Å². The summed E-state index contributed by atoms with van der Waals surface area (Å²) in [6.07, 6.45) is 1.51. The number of carboxylic acids is 1. The van der Waals surface area contributed by atoms with E-state index in [1.165, 1.54) is 0 Å². The summed E-state index contributed by atoms with van der Waals surface area (Å²) in [7, 11) is 0. The Labute approximate surface area is 121 Å². The summed E-state index contributed by atoms with van der Waals surface area (Å²) in [6, 6.07) is 9.99. The molecule has 2 atom stereocenters. The van der Waals surface area contributed by atoms with E-state index in [1.54, 1.807) is 0 Å². The first-order chi connectivity index (χ1) is 8.88. The van der Waals surface area contributed by atoms with Crippen molar-refractivity contribution in [2.24, 2.45) is 11.3 Å². The summed E-state index contributed by atoms with van der Waals surface area (Å²) in [4.78, 5) is 11.6. The first kappa shape index (κ1) is 16.1. The van der Waals surface area contributed by atoms with Crippen LogP contribution in [0.1, 0.15) is 45.1 Å². The molecule has 0 aliphatic rings. The normalized spacial score (nSPS) is 14.9. The van der Waals surface area contributed by atoms with Gasteiger partial charge in [-0.05, 0) is 29.6 Å². The molecule has 0 saturated carbocycles. The number of hydrogen-bond donors (Lipinski definition) is 2. The summed E-state index contributed by atoms with van der Waals surface area (Å²) in [5, 5.41) is 9.57. The third-order valence-electron chi connectivity index (χ3n) is 3.48. The molecule has 1 N–H and O–H groups in total. The van der Waals surface area contributed by atoms with Crippen molar-refractivity contribution in [2.75, 3.05) is 5.75 Å². The van der Waals surface area contributed by atoms with Gasteiger partial charge in [-0.3, -0.25) is 4.79 Å². The molecule has 2 nitrogen and oxygen atoms in total. The molecule has 0 amide bonds. The van der Waals surface area contributed by atoms with Crippen LogP contribution >= 0.6 is 12.6 Å². The molecule has 1 aromatic carbocycles. The summed E-state index contributed by atoms with van der Waals surface area (Å²) >= 11 is 4.20. The fourth-order valence-electron chi connectivity index (χ4n) is 2.74. The van der Waals surface area contributed by atoms with Crippen LogP contribution in [0, 0.1) is 11.3 Å². The lowest BCUT2D eigenvalue weighted by molar-refractivity contribution is -0.144. The molecule has 0 saturated heterocycles. The maximum absolute atomic E-state index is 11.6. The first-order valence-corrected chi connectivity index (χ1v) is 7.39. The van der Waals surface area contributed by atoms with Gasteiger partial charge < -0.3 is 5.11 Å². The van der Waals surface area contributed by atoms with Crippen LogP contribution in [0.25, 0.3) is 0 Å². The lowest BCUT2D eigenvalue weighted by Crippen LogP contribution is -2.31. The molecule has 1 rings (SSSR count). The number of hydrogen-bond acceptors (Lipinski definition) is 2. The minimum Gasteiger partial charge on any atom is -0.481 e. The Balaban J connectivity index is 3.11. The fraction of sp³-hybridized carbons (Fsp3) is 0.562. The van der Waals surface area contributed by atoms with Crippen molar-refractivity contribution < 1.29 is 9.90 Å². The average molecular weight is 280 g/mol. The molecule has 0 aromatic heterocycles. The van der Waals surface area contributed by atoms with Crippen molar-refractivity contribution in [1.82, 2.24) is 0 Å². The Kier molecular flexibility index (Phi) is 5.92. The third-order valence-corrected chi connectivity index (χ3v) is 3.80. The highest BCUT2D eigenvalue weighted by molar-refractivity contribution is 7.80. The predicted molar refractivity (Wildman–Crippen MR) is 82.9 cm³/mol. The zero-order valence-corrected chi connectivity index (χ0v) is 12.9. The molecule has 19 heavy (non-hydrogen) atoms. The van der Waals surface area contributed by atoms with E-state index in [0.29, 0.717) is 6.42 Å². The van der Waals surface area contributed by atoms with Crippen molar-refractivity contribution in [3.63, 3.8) is 0 Å². The SMILES string of the molecule is CC(C)(C)C(c1ccccc1)C(CCCS)C(=O)O. The minimum absolute atomic E-state index is 0.0195. The van der Waals surface area contributed by atoms with Gasteiger partial charge in [-0.25, -0.2) is 0 Å². The second-order valence-corrected chi connectivity index (χ2v) is 6.51. The molecule has 0 aliphatic carbocycles. The summed E-state index contributed by atoms with van der Waals surface area (Å²) in [5.41, 5.74) is 1.03. The van der Waals surface area contributed by atoms with Gasteiger partial charge in [-0.2, -0.15) is 12.6 Å². The van der Waals surface area contributed by atoms with E-state index >= 15 is 0 Å². The van der Waals surface area contributed by atoms with E-state index in [-0.39, 0.29) is 17.3 Å². The minimum atomic E-state index is -0.703. The molecule has 1 aromatic rings. The van der Waals surface area contributed by atoms with Crippen LogP contribution in [0.2, 0.25) is 0 Å². The van der Waals surface area contributed by atoms with Crippen molar-refractivity contribution in [2.45, 2.75) is 39.5 Å². The van der Waals surface area contributed by atoms with Gasteiger partial charge in [-0.1, -0.05) is 51.1 Å². The second kappa shape index (κ2) is 6.99. The van der Waals surface area contributed by atoms with Crippen LogP contribution in [-0.4, -0.2) is 16.8 Å². The maximum Gasteiger partial charge on any atom is 0.307 e. The Morgan fingerprint density at radius 2 is 1.84 bits per heavy atom. The topological polar surface area (TPSA) is 37.3 Å². The fourth-order valence-corrected chi connectivity index (χ4v) is 2.92. The Hall–Kier alpha value is -0.960. The quantitative estimate of drug-likeness (QED) is 0.765. The standard InChI is InChI=1S/C16H24O2S/c1-16(2,3)14(12-8-5-4-6-9-12)13(15(17)18)10-7-11-19/h4-6,8-9,13-14,19H,7,10-11H2,1-3H3,(H,17,18). The van der Waals surface area contributed by atoms with Crippen LogP contribution in [0.3, 0.4) is 0 Å². The van der Waals surface area contributed by atoms with E-state index < -0.39 is 5.97 Å². The number of rotatable bonds is 6. The highest BCUT2D eigenvalue weighted by Crippen LogP contribution is 2.42. The molecular formula is C16H24O2S. The lowest BCUT2D eigenvalue weighted by Gasteiger charge is -2.35. The smallest absolute Gasteiger partial charge is 0.307 e.